The molecular weight excluding hydrogens is 194 g/mol. The predicted molar refractivity (Wildman–Crippen MR) is 56.5 cm³/mol. The van der Waals surface area contributed by atoms with E-state index in [0.717, 1.165) is 5.56 Å². The molecule has 1 unspecified atom stereocenters. The maximum Gasteiger partial charge on any atom is 0.217 e. The van der Waals surface area contributed by atoms with Crippen molar-refractivity contribution in [2.75, 3.05) is 6.61 Å². The fourth-order valence-corrected chi connectivity index (χ4v) is 1.37. The van der Waals surface area contributed by atoms with E-state index in [-0.39, 0.29) is 24.3 Å². The number of aliphatic hydroxyl groups is 1. The van der Waals surface area contributed by atoms with Gasteiger partial charge < -0.3 is 15.5 Å². The van der Waals surface area contributed by atoms with Gasteiger partial charge in [0.15, 0.2) is 0 Å². The number of phenols is 1. The smallest absolute Gasteiger partial charge is 0.217 e. The van der Waals surface area contributed by atoms with E-state index in [1.54, 1.807) is 24.3 Å². The molecule has 1 aromatic rings. The number of rotatable bonds is 4. The highest BCUT2D eigenvalue weighted by atomic mass is 16.3. The lowest BCUT2D eigenvalue weighted by Crippen LogP contribution is -2.37. The van der Waals surface area contributed by atoms with Crippen molar-refractivity contribution in [3.63, 3.8) is 0 Å². The molecule has 0 aromatic heterocycles. The maximum absolute atomic E-state index is 10.8. The molecule has 1 aromatic carbocycles. The lowest BCUT2D eigenvalue weighted by Gasteiger charge is -2.14. The number of amides is 1. The van der Waals surface area contributed by atoms with Crippen molar-refractivity contribution in [2.24, 2.45) is 0 Å². The first-order chi connectivity index (χ1) is 7.11. The lowest BCUT2D eigenvalue weighted by atomic mass is 10.1. The monoisotopic (exact) mass is 209 g/mol. The summed E-state index contributed by atoms with van der Waals surface area (Å²) in [5.74, 6) is 0.0478. The van der Waals surface area contributed by atoms with Crippen LogP contribution in [0.2, 0.25) is 0 Å². The highest BCUT2D eigenvalue weighted by Crippen LogP contribution is 2.11. The Morgan fingerprint density at radius 3 is 2.47 bits per heavy atom. The summed E-state index contributed by atoms with van der Waals surface area (Å²) in [5, 5.41) is 20.7. The molecule has 1 amide bonds. The summed E-state index contributed by atoms with van der Waals surface area (Å²) >= 11 is 0. The van der Waals surface area contributed by atoms with Crippen LogP contribution >= 0.6 is 0 Å². The molecule has 3 N–H and O–H groups in total. The van der Waals surface area contributed by atoms with E-state index in [1.807, 2.05) is 0 Å². The van der Waals surface area contributed by atoms with E-state index in [2.05, 4.69) is 5.32 Å². The molecule has 0 radical (unpaired) electrons. The topological polar surface area (TPSA) is 69.6 Å². The van der Waals surface area contributed by atoms with Crippen LogP contribution in [0.25, 0.3) is 0 Å². The molecular formula is C11H15NO3. The minimum atomic E-state index is -0.271. The quantitative estimate of drug-likeness (QED) is 0.673. The van der Waals surface area contributed by atoms with Crippen LogP contribution in [0.5, 0.6) is 5.75 Å². The Morgan fingerprint density at radius 1 is 1.40 bits per heavy atom. The molecule has 0 saturated carbocycles. The Hall–Kier alpha value is -1.55. The third-order valence-corrected chi connectivity index (χ3v) is 2.05. The van der Waals surface area contributed by atoms with Gasteiger partial charge in [-0.25, -0.2) is 0 Å². The van der Waals surface area contributed by atoms with E-state index in [4.69, 9.17) is 10.2 Å². The molecule has 0 aliphatic heterocycles. The van der Waals surface area contributed by atoms with Gasteiger partial charge in [-0.05, 0) is 24.1 Å². The van der Waals surface area contributed by atoms with Gasteiger partial charge in [-0.1, -0.05) is 12.1 Å². The first-order valence-electron chi connectivity index (χ1n) is 4.77. The Labute approximate surface area is 88.6 Å². The zero-order chi connectivity index (χ0) is 11.3. The van der Waals surface area contributed by atoms with Crippen molar-refractivity contribution in [3.05, 3.63) is 29.8 Å². The molecule has 0 aliphatic rings. The van der Waals surface area contributed by atoms with Crippen LogP contribution in [0.3, 0.4) is 0 Å². The van der Waals surface area contributed by atoms with Crippen LogP contribution in [0, 0.1) is 0 Å². The van der Waals surface area contributed by atoms with Crippen LogP contribution in [-0.2, 0) is 11.2 Å². The number of hydrogen-bond donors (Lipinski definition) is 3. The molecule has 4 nitrogen and oxygen atoms in total. The summed E-state index contributed by atoms with van der Waals surface area (Å²) in [5.41, 5.74) is 0.959. The largest absolute Gasteiger partial charge is 0.508 e. The number of aromatic hydroxyl groups is 1. The Bertz CT molecular complexity index is 321. The minimum Gasteiger partial charge on any atom is -0.508 e. The minimum absolute atomic E-state index is 0.0968. The first-order valence-corrected chi connectivity index (χ1v) is 4.77. The molecule has 1 rings (SSSR count). The molecule has 82 valence electrons. The molecule has 0 fully saturated rings. The van der Waals surface area contributed by atoms with Crippen molar-refractivity contribution >= 4 is 5.91 Å². The third kappa shape index (κ3) is 3.99. The Morgan fingerprint density at radius 2 is 2.00 bits per heavy atom. The van der Waals surface area contributed by atoms with E-state index in [0.29, 0.717) is 6.42 Å². The second-order valence-electron chi connectivity index (χ2n) is 3.45. The van der Waals surface area contributed by atoms with Crippen LogP contribution in [0.15, 0.2) is 24.3 Å². The summed E-state index contributed by atoms with van der Waals surface area (Å²) in [6.45, 7) is 1.32. The molecule has 0 aliphatic carbocycles. The van der Waals surface area contributed by atoms with Crippen molar-refractivity contribution in [2.45, 2.75) is 19.4 Å². The van der Waals surface area contributed by atoms with Crippen molar-refractivity contribution in [3.8, 4) is 5.75 Å². The average molecular weight is 209 g/mol. The Kier molecular flexibility index (Phi) is 4.12. The molecule has 0 bridgehead atoms. The van der Waals surface area contributed by atoms with Gasteiger partial charge in [0.2, 0.25) is 5.91 Å². The predicted octanol–water partition coefficient (Wildman–Crippen LogP) is 0.432. The second-order valence-corrected chi connectivity index (χ2v) is 3.45. The van der Waals surface area contributed by atoms with Gasteiger partial charge in [0.05, 0.1) is 12.6 Å². The SMILES string of the molecule is CC(=O)NC(CO)Cc1ccc(O)cc1. The number of phenolic OH excluding ortho intramolecular Hbond substituents is 1. The van der Waals surface area contributed by atoms with Crippen LogP contribution in [0.1, 0.15) is 12.5 Å². The van der Waals surface area contributed by atoms with Gasteiger partial charge in [-0.2, -0.15) is 0 Å². The third-order valence-electron chi connectivity index (χ3n) is 2.05. The van der Waals surface area contributed by atoms with Crippen LogP contribution in [-0.4, -0.2) is 28.8 Å². The molecule has 0 saturated heterocycles. The van der Waals surface area contributed by atoms with Crippen molar-refractivity contribution in [1.29, 1.82) is 0 Å². The van der Waals surface area contributed by atoms with Gasteiger partial charge in [-0.3, -0.25) is 4.79 Å². The molecule has 1 atom stereocenters. The number of carbonyl (C=O) groups excluding carboxylic acids is 1. The van der Waals surface area contributed by atoms with Crippen molar-refractivity contribution < 1.29 is 15.0 Å². The number of aliphatic hydroxyl groups excluding tert-OH is 1. The zero-order valence-electron chi connectivity index (χ0n) is 8.60. The highest BCUT2D eigenvalue weighted by Gasteiger charge is 2.09. The second kappa shape index (κ2) is 5.36. The van der Waals surface area contributed by atoms with Crippen molar-refractivity contribution in [1.82, 2.24) is 5.32 Å². The van der Waals surface area contributed by atoms with E-state index in [9.17, 15) is 4.79 Å². The van der Waals surface area contributed by atoms with Gasteiger partial charge in [0.1, 0.15) is 5.75 Å². The number of benzene rings is 1. The number of nitrogens with one attached hydrogen (secondary N) is 1. The summed E-state index contributed by atoms with van der Waals surface area (Å²) < 4.78 is 0. The number of carbonyl (C=O) groups is 1. The summed E-state index contributed by atoms with van der Waals surface area (Å²) in [7, 11) is 0. The van der Waals surface area contributed by atoms with E-state index in [1.165, 1.54) is 6.92 Å². The Balaban J connectivity index is 2.58. The van der Waals surface area contributed by atoms with Gasteiger partial charge in [0, 0.05) is 6.92 Å². The standard InChI is InChI=1S/C11H15NO3/c1-8(14)12-10(7-13)6-9-2-4-11(15)5-3-9/h2-5,10,13,15H,6-7H2,1H3,(H,12,14). The van der Waals surface area contributed by atoms with Gasteiger partial charge in [0.25, 0.3) is 0 Å². The lowest BCUT2D eigenvalue weighted by molar-refractivity contribution is -0.119. The fraction of sp³-hybridized carbons (Fsp3) is 0.364. The molecule has 0 heterocycles. The summed E-state index contributed by atoms with van der Waals surface area (Å²) in [6.07, 6.45) is 0.552. The average Bonchev–Trinajstić information content (AvgIpc) is 2.19. The molecule has 15 heavy (non-hydrogen) atoms. The van der Waals surface area contributed by atoms with Gasteiger partial charge in [-0.15, -0.1) is 0 Å². The zero-order valence-corrected chi connectivity index (χ0v) is 8.60. The number of hydrogen-bond acceptors (Lipinski definition) is 3. The van der Waals surface area contributed by atoms with Gasteiger partial charge >= 0.3 is 0 Å². The normalized spacial score (nSPS) is 12.1. The van der Waals surface area contributed by atoms with E-state index < -0.39 is 0 Å². The maximum atomic E-state index is 10.8. The summed E-state index contributed by atoms with van der Waals surface area (Å²) in [4.78, 5) is 10.8. The first kappa shape index (κ1) is 11.5. The summed E-state index contributed by atoms with van der Waals surface area (Å²) in [6, 6.07) is 6.42. The fourth-order valence-electron chi connectivity index (χ4n) is 1.37. The highest BCUT2D eigenvalue weighted by molar-refractivity contribution is 5.73. The van der Waals surface area contributed by atoms with Crippen LogP contribution in [0.4, 0.5) is 0 Å². The van der Waals surface area contributed by atoms with E-state index >= 15 is 0 Å². The van der Waals surface area contributed by atoms with Crippen LogP contribution < -0.4 is 5.32 Å². The molecule has 0 spiro atoms. The molecule has 4 heteroatoms.